The van der Waals surface area contributed by atoms with E-state index in [4.69, 9.17) is 0 Å². The van der Waals surface area contributed by atoms with Gasteiger partial charge in [0, 0.05) is 59.5 Å². The van der Waals surface area contributed by atoms with E-state index in [1.807, 2.05) is 60.7 Å². The summed E-state index contributed by atoms with van der Waals surface area (Å²) < 4.78 is 38.3. The largest absolute Gasteiger partial charge is 0.286 e. The Balaban J connectivity index is 0.000000214. The molecule has 4 fully saturated rings. The highest BCUT2D eigenvalue weighted by atomic mass is 31.2. The van der Waals surface area contributed by atoms with Crippen LogP contribution in [0.5, 0.6) is 0 Å². The molecule has 0 unspecified atom stereocenters. The molecule has 0 aromatic heterocycles. The van der Waals surface area contributed by atoms with Gasteiger partial charge in [-0.15, -0.1) is 0 Å². The van der Waals surface area contributed by atoms with Gasteiger partial charge in [-0.3, -0.25) is 9.13 Å². The number of nitrogens with one attached hydrogen (secondary N) is 2. The van der Waals surface area contributed by atoms with Crippen LogP contribution in [-0.2, 0) is 9.13 Å². The molecule has 6 rings (SSSR count). The van der Waals surface area contributed by atoms with Crippen molar-refractivity contribution in [1.29, 1.82) is 10.5 Å². The molecule has 12 heteroatoms. The van der Waals surface area contributed by atoms with Crippen molar-refractivity contribution in [3.8, 4) is 12.1 Å². The summed E-state index contributed by atoms with van der Waals surface area (Å²) in [5.74, 6) is 0. The first kappa shape index (κ1) is 44.2. The highest BCUT2D eigenvalue weighted by Gasteiger charge is 2.59. The summed E-state index contributed by atoms with van der Waals surface area (Å²) in [7, 11) is -6.18. The number of rotatable bonds is 12. The van der Waals surface area contributed by atoms with Gasteiger partial charge in [0.15, 0.2) is 0 Å². The molecule has 2 aliphatic carbocycles. The van der Waals surface area contributed by atoms with Crippen molar-refractivity contribution in [3.05, 3.63) is 96.1 Å². The number of fused-ring (bicyclic) bond motifs is 2. The summed E-state index contributed by atoms with van der Waals surface area (Å²) >= 11 is 0. The summed E-state index contributed by atoms with van der Waals surface area (Å²) in [5.41, 5.74) is 2.63. The Labute approximate surface area is 338 Å². The van der Waals surface area contributed by atoms with Crippen LogP contribution in [0.25, 0.3) is 0 Å². The zero-order chi connectivity index (χ0) is 40.9. The van der Waals surface area contributed by atoms with Gasteiger partial charge in [-0.05, 0) is 92.2 Å². The van der Waals surface area contributed by atoms with Gasteiger partial charge in [0.2, 0.25) is 0 Å². The van der Waals surface area contributed by atoms with Crippen LogP contribution < -0.4 is 10.2 Å². The molecule has 2 saturated heterocycles. The van der Waals surface area contributed by atoms with Crippen molar-refractivity contribution in [1.82, 2.24) is 28.9 Å². The molecule has 4 aliphatic rings. The lowest BCUT2D eigenvalue weighted by atomic mass is 9.89. The lowest BCUT2D eigenvalue weighted by molar-refractivity contribution is 0.173. The molecular weight excluding hydrogens is 734 g/mol. The van der Waals surface area contributed by atoms with Crippen molar-refractivity contribution in [2.45, 2.75) is 167 Å². The van der Waals surface area contributed by atoms with Crippen molar-refractivity contribution < 1.29 is 9.13 Å². The molecular formula is C44H66N8O2P2. The molecule has 2 saturated carbocycles. The van der Waals surface area contributed by atoms with Crippen LogP contribution in [0.3, 0.4) is 0 Å². The Bertz CT molecular complexity index is 1650. The second kappa shape index (κ2) is 18.8. The summed E-state index contributed by atoms with van der Waals surface area (Å²) in [6.07, 6.45) is 9.04. The number of benzene rings is 2. The maximum Gasteiger partial charge on any atom is 0.286 e. The highest BCUT2D eigenvalue weighted by Crippen LogP contribution is 2.65. The number of hydrogen-bond acceptors (Lipinski definition) is 4. The van der Waals surface area contributed by atoms with Crippen LogP contribution in [0.2, 0.25) is 0 Å². The molecule has 0 radical (unpaired) electrons. The zero-order valence-corrected chi connectivity index (χ0v) is 36.8. The lowest BCUT2D eigenvalue weighted by Gasteiger charge is -2.38. The molecule has 0 bridgehead atoms. The Hall–Kier alpha value is -2.88. The van der Waals surface area contributed by atoms with E-state index in [0.717, 1.165) is 36.8 Å². The Morgan fingerprint density at radius 2 is 0.804 bits per heavy atom. The summed E-state index contributed by atoms with van der Waals surface area (Å²) in [6.45, 7) is 24.9. The topological polar surface area (TPSA) is 119 Å². The van der Waals surface area contributed by atoms with Gasteiger partial charge in [0.05, 0.1) is 24.2 Å². The van der Waals surface area contributed by atoms with E-state index in [2.05, 4.69) is 110 Å². The van der Waals surface area contributed by atoms with Gasteiger partial charge in [-0.25, -0.2) is 28.9 Å². The molecule has 2 N–H and O–H groups in total. The molecule has 2 aromatic rings. The number of hydrogen-bond donors (Lipinski definition) is 2. The summed E-state index contributed by atoms with van der Waals surface area (Å²) in [4.78, 5) is 0. The fourth-order valence-electron chi connectivity index (χ4n) is 9.97. The SMILES string of the molecule is C=C(C#N)[C@@H](NP1(=O)N(C(C)C)[C@@H]2CCCC[C@H]2N1C(C)C)c1ccccc1.C=C(C#N)[C@@H](NP1(=O)N(C(C)C)[C@@H]2CCCC[C@H]2N1C(C)C)c1ccccc1. The second-order valence-corrected chi connectivity index (χ2v) is 21.6. The fourth-order valence-corrected chi connectivity index (χ4v) is 17.5. The molecule has 2 aromatic carbocycles. The van der Waals surface area contributed by atoms with Crippen LogP contribution in [0.15, 0.2) is 85.0 Å². The number of nitriles is 2. The van der Waals surface area contributed by atoms with E-state index in [1.165, 1.54) is 25.7 Å². The van der Waals surface area contributed by atoms with Crippen LogP contribution in [0, 0.1) is 22.7 Å². The van der Waals surface area contributed by atoms with Crippen molar-refractivity contribution >= 4 is 15.2 Å². The minimum Gasteiger partial charge on any atom is -0.270 e. The molecule has 0 spiro atoms. The first-order valence-corrected chi connectivity index (χ1v) is 24.0. The van der Waals surface area contributed by atoms with Crippen LogP contribution in [0.4, 0.5) is 0 Å². The molecule has 2 heterocycles. The summed E-state index contributed by atoms with van der Waals surface area (Å²) in [5, 5.41) is 26.1. The monoisotopic (exact) mass is 800 g/mol. The molecule has 0 amide bonds. The van der Waals surface area contributed by atoms with E-state index in [-0.39, 0.29) is 24.2 Å². The summed E-state index contributed by atoms with van der Waals surface area (Å²) in [6, 6.07) is 24.8. The third-order valence-electron chi connectivity index (χ3n) is 12.0. The molecule has 6 atom stereocenters. The van der Waals surface area contributed by atoms with E-state index >= 15 is 0 Å². The minimum atomic E-state index is -3.09. The van der Waals surface area contributed by atoms with Gasteiger partial charge < -0.3 is 0 Å². The van der Waals surface area contributed by atoms with Crippen LogP contribution in [-0.4, -0.2) is 67.0 Å². The molecule has 10 nitrogen and oxygen atoms in total. The first-order chi connectivity index (χ1) is 26.6. The van der Waals surface area contributed by atoms with Crippen LogP contribution in [0.1, 0.15) is 130 Å². The maximum atomic E-state index is 14.7. The first-order valence-electron chi connectivity index (χ1n) is 20.8. The van der Waals surface area contributed by atoms with Gasteiger partial charge in [-0.1, -0.05) is 99.5 Å². The smallest absolute Gasteiger partial charge is 0.270 e. The van der Waals surface area contributed by atoms with E-state index in [0.29, 0.717) is 35.3 Å². The van der Waals surface area contributed by atoms with Gasteiger partial charge in [0.25, 0.3) is 15.2 Å². The van der Waals surface area contributed by atoms with Gasteiger partial charge >= 0.3 is 0 Å². The molecule has 2 aliphatic heterocycles. The van der Waals surface area contributed by atoms with E-state index < -0.39 is 27.3 Å². The Kier molecular flexibility index (Phi) is 14.8. The third-order valence-corrected chi connectivity index (χ3v) is 18.7. The fraction of sp³-hybridized carbons (Fsp3) is 0.591. The van der Waals surface area contributed by atoms with Crippen molar-refractivity contribution in [2.24, 2.45) is 0 Å². The Morgan fingerprint density at radius 1 is 0.554 bits per heavy atom. The van der Waals surface area contributed by atoms with Gasteiger partial charge in [0.1, 0.15) is 0 Å². The zero-order valence-electron chi connectivity index (χ0n) is 35.0. The normalized spacial score (nSPS) is 26.2. The maximum absolute atomic E-state index is 14.7. The van der Waals surface area contributed by atoms with E-state index in [1.54, 1.807) is 0 Å². The number of nitrogens with zero attached hydrogens (tertiary/aromatic N) is 6. The minimum absolute atomic E-state index is 0.152. The quantitative estimate of drug-likeness (QED) is 0.159. The van der Waals surface area contributed by atoms with Crippen LogP contribution >= 0.6 is 15.2 Å². The van der Waals surface area contributed by atoms with Crippen molar-refractivity contribution in [2.75, 3.05) is 0 Å². The second-order valence-electron chi connectivity index (χ2n) is 17.0. The standard InChI is InChI=1S/2C22H33N4OP/c2*1-16(2)25-20-13-9-10-14-21(20)26(17(3)4)28(25,27)24-22(18(5)15-23)19-11-7-6-8-12-19/h2*6-8,11-12,16-17,20-22H,5,9-10,13-14H2,1-4H3,(H,24,27)/t2*20-,21-,22-/m11/s1. The lowest BCUT2D eigenvalue weighted by Crippen LogP contribution is -2.43. The van der Waals surface area contributed by atoms with Gasteiger partial charge in [-0.2, -0.15) is 10.5 Å². The predicted molar refractivity (Wildman–Crippen MR) is 229 cm³/mol. The van der Waals surface area contributed by atoms with Crippen molar-refractivity contribution in [3.63, 3.8) is 0 Å². The molecule has 56 heavy (non-hydrogen) atoms. The average molecular weight is 801 g/mol. The van der Waals surface area contributed by atoms with E-state index in [9.17, 15) is 19.7 Å². The highest BCUT2D eigenvalue weighted by molar-refractivity contribution is 7.57. The Morgan fingerprint density at radius 3 is 1.02 bits per heavy atom. The molecule has 304 valence electrons. The third kappa shape index (κ3) is 8.75. The predicted octanol–water partition coefficient (Wildman–Crippen LogP) is 10.5. The average Bonchev–Trinajstić information content (AvgIpc) is 3.61.